The number of carboxylic acid groups (broad SMARTS) is 1. The molecule has 0 heterocycles. The van der Waals surface area contributed by atoms with Gasteiger partial charge < -0.3 is 9.84 Å². The van der Waals surface area contributed by atoms with Gasteiger partial charge in [0.05, 0.1) is 0 Å². The van der Waals surface area contributed by atoms with Crippen LogP contribution in [0, 0.1) is 5.41 Å². The summed E-state index contributed by atoms with van der Waals surface area (Å²) in [7, 11) is 0. The minimum Gasteiger partial charge on any atom is -0.481 e. The summed E-state index contributed by atoms with van der Waals surface area (Å²) in [5.74, 6) is -0.817. The quantitative estimate of drug-likeness (QED) is 0.0811. The smallest absolute Gasteiger partial charge is 0.306 e. The Balaban J connectivity index is 0.00000324. The molecule has 4 nitrogen and oxygen atoms in total. The van der Waals surface area contributed by atoms with Crippen LogP contribution in [0.4, 0.5) is 0 Å². The van der Waals surface area contributed by atoms with Crippen molar-refractivity contribution in [3.63, 3.8) is 0 Å². The Morgan fingerprint density at radius 3 is 1.88 bits per heavy atom. The van der Waals surface area contributed by atoms with E-state index in [2.05, 4.69) is 71.9 Å². The second-order valence-electron chi connectivity index (χ2n) is 12.9. The molecule has 0 atom stereocenters. The molecule has 1 N–H and O–H groups in total. The molecule has 0 bridgehead atoms. The summed E-state index contributed by atoms with van der Waals surface area (Å²) < 4.78 is 5.40. The van der Waals surface area contributed by atoms with Crippen LogP contribution in [0.25, 0.3) is 0 Å². The van der Waals surface area contributed by atoms with E-state index in [4.69, 9.17) is 9.84 Å². The van der Waals surface area contributed by atoms with E-state index in [0.29, 0.717) is 13.0 Å². The lowest BCUT2D eigenvalue weighted by atomic mass is 9.72. The Bertz CT molecular complexity index is 914. The van der Waals surface area contributed by atoms with Gasteiger partial charge in [0.15, 0.2) is 0 Å². The van der Waals surface area contributed by atoms with Crippen LogP contribution in [-0.2, 0) is 14.3 Å². The van der Waals surface area contributed by atoms with Gasteiger partial charge in [-0.15, -0.1) is 0 Å². The second kappa shape index (κ2) is 26.1. The maximum Gasteiger partial charge on any atom is 0.306 e. The van der Waals surface area contributed by atoms with E-state index in [1.807, 2.05) is 6.08 Å². The first-order valence-electron chi connectivity index (χ1n) is 17.3. The van der Waals surface area contributed by atoms with E-state index in [0.717, 1.165) is 18.4 Å². The predicted octanol–water partition coefficient (Wildman–Crippen LogP) is 12.0. The van der Waals surface area contributed by atoms with Crippen LogP contribution in [0.15, 0.2) is 58.7 Å². The molecule has 0 amide bonds. The summed E-state index contributed by atoms with van der Waals surface area (Å²) in [5, 5.41) is 7.72. The summed E-state index contributed by atoms with van der Waals surface area (Å²) >= 11 is 0. The number of unbranched alkanes of at least 4 members (excludes halogenated alkanes) is 12. The van der Waals surface area contributed by atoms with Crippen LogP contribution in [0.5, 0.6) is 0 Å². The first kappa shape index (κ1) is 40.6. The maximum absolute atomic E-state index is 12.0. The van der Waals surface area contributed by atoms with Crippen molar-refractivity contribution in [2.75, 3.05) is 6.61 Å². The van der Waals surface area contributed by atoms with Gasteiger partial charge in [-0.2, -0.15) is 0 Å². The average molecular weight is 599 g/mol. The lowest BCUT2D eigenvalue weighted by Gasteiger charge is -2.32. The van der Waals surface area contributed by atoms with Crippen LogP contribution >= 0.6 is 0 Å². The van der Waals surface area contributed by atoms with Crippen molar-refractivity contribution in [1.82, 2.24) is 0 Å². The zero-order valence-corrected chi connectivity index (χ0v) is 29.1. The van der Waals surface area contributed by atoms with Crippen LogP contribution in [0.1, 0.15) is 164 Å². The zero-order chi connectivity index (χ0) is 32.3. The van der Waals surface area contributed by atoms with Crippen LogP contribution in [-0.4, -0.2) is 23.7 Å². The predicted molar refractivity (Wildman–Crippen MR) is 185 cm³/mol. The summed E-state index contributed by atoms with van der Waals surface area (Å²) in [6, 6.07) is 0. The third-order valence-electron chi connectivity index (χ3n) is 8.21. The number of esters is 1. The molecule has 246 valence electrons. The van der Waals surface area contributed by atoms with Gasteiger partial charge in [0.25, 0.3) is 0 Å². The van der Waals surface area contributed by atoms with Crippen molar-refractivity contribution in [3.8, 4) is 0 Å². The number of ether oxygens (including phenoxy) is 1. The number of rotatable bonds is 21. The molecule has 43 heavy (non-hydrogen) atoms. The third kappa shape index (κ3) is 23.7. The molecule has 0 saturated carbocycles. The van der Waals surface area contributed by atoms with Crippen molar-refractivity contribution < 1.29 is 19.4 Å². The highest BCUT2D eigenvalue weighted by Crippen LogP contribution is 2.40. The van der Waals surface area contributed by atoms with Crippen LogP contribution in [0.2, 0.25) is 0 Å². The lowest BCUT2D eigenvalue weighted by Crippen LogP contribution is -2.19. The molecule has 4 heteroatoms. The van der Waals surface area contributed by atoms with E-state index >= 15 is 0 Å². The van der Waals surface area contributed by atoms with Crippen molar-refractivity contribution in [3.05, 3.63) is 58.7 Å². The molecule has 0 spiro atoms. The van der Waals surface area contributed by atoms with Gasteiger partial charge in [0.1, 0.15) is 6.61 Å². The monoisotopic (exact) mass is 598 g/mol. The average Bonchev–Trinajstić information content (AvgIpc) is 2.95. The topological polar surface area (TPSA) is 63.6 Å². The molecule has 0 unspecified atom stereocenters. The second-order valence-corrected chi connectivity index (χ2v) is 12.9. The molecule has 0 aromatic carbocycles. The molecule has 0 aromatic heterocycles. The highest BCUT2D eigenvalue weighted by atomic mass is 16.5. The minimum absolute atomic E-state index is 0.0720. The van der Waals surface area contributed by atoms with Crippen molar-refractivity contribution >= 4 is 11.9 Å². The van der Waals surface area contributed by atoms with E-state index in [1.165, 1.54) is 107 Å². The molecular formula is C39H66O4. The number of aliphatic carboxylic acids is 1. The Hall–Kier alpha value is -2.36. The Kier molecular flexibility index (Phi) is 24.6. The van der Waals surface area contributed by atoms with Gasteiger partial charge in [-0.05, 0) is 63.5 Å². The van der Waals surface area contributed by atoms with E-state index < -0.39 is 5.97 Å². The molecule has 1 aliphatic rings. The molecule has 0 fully saturated rings. The summed E-state index contributed by atoms with van der Waals surface area (Å²) in [6.07, 6.45) is 34.5. The summed E-state index contributed by atoms with van der Waals surface area (Å²) in [5.41, 5.74) is 5.65. The molecule has 0 aliphatic heterocycles. The molecule has 1 aliphatic carbocycles. The molecule has 0 radical (unpaired) electrons. The number of carbonyl (C=O) groups is 2. The Labute approximate surface area is 265 Å². The van der Waals surface area contributed by atoms with Crippen molar-refractivity contribution in [2.45, 2.75) is 164 Å². The Morgan fingerprint density at radius 1 is 0.837 bits per heavy atom. The van der Waals surface area contributed by atoms with E-state index in [1.54, 1.807) is 6.92 Å². The van der Waals surface area contributed by atoms with E-state index in [9.17, 15) is 9.59 Å². The number of hydrogen-bond acceptors (Lipinski definition) is 3. The first-order valence-corrected chi connectivity index (χ1v) is 17.3. The highest BCUT2D eigenvalue weighted by Gasteiger charge is 2.26. The standard InChI is InChI=1S/C36H60O2.C3H6O2/c1-7-8-9-10-11-12-13-14-15-16-17-18-19-25-35(37)38-30-28-32(3)23-20-22-31(2)26-27-34-33(4)24-21-29-36(34,5)6;1-2-3(4)5/h20,22-23,26-28H,7-19,21,24-25,29-30H2,1-6H3;2H2,1H3,(H,4,5)/b23-20+,27-26+,31-22+,32-28+;. The fourth-order valence-corrected chi connectivity index (χ4v) is 5.33. The van der Waals surface area contributed by atoms with Crippen LogP contribution in [0.3, 0.4) is 0 Å². The highest BCUT2D eigenvalue weighted by molar-refractivity contribution is 5.69. The van der Waals surface area contributed by atoms with Gasteiger partial charge in [-0.1, -0.05) is 152 Å². The number of allylic oxidation sites excluding steroid dienone is 9. The SMILES string of the molecule is CCC(=O)O.CCCCCCCCCCCCCCCC(=O)OC/C=C(C)/C=C/C=C(C)/C=C/C1=C(C)CCCC1(C)C. The normalized spacial score (nSPS) is 15.6. The molecule has 0 saturated heterocycles. The van der Waals surface area contributed by atoms with E-state index in [-0.39, 0.29) is 17.8 Å². The molecule has 0 aromatic rings. The Morgan fingerprint density at radius 2 is 1.37 bits per heavy atom. The summed E-state index contributed by atoms with van der Waals surface area (Å²) in [4.78, 5) is 21.4. The number of hydrogen-bond donors (Lipinski definition) is 1. The number of carbonyl (C=O) groups excluding carboxylic acids is 1. The van der Waals surface area contributed by atoms with Gasteiger partial charge in [-0.3, -0.25) is 9.59 Å². The molecular weight excluding hydrogens is 532 g/mol. The minimum atomic E-state index is -0.745. The zero-order valence-electron chi connectivity index (χ0n) is 29.1. The fourth-order valence-electron chi connectivity index (χ4n) is 5.33. The maximum atomic E-state index is 12.0. The van der Waals surface area contributed by atoms with Gasteiger partial charge >= 0.3 is 11.9 Å². The third-order valence-corrected chi connectivity index (χ3v) is 8.21. The van der Waals surface area contributed by atoms with Crippen molar-refractivity contribution in [2.24, 2.45) is 5.41 Å². The van der Waals surface area contributed by atoms with Crippen molar-refractivity contribution in [1.29, 1.82) is 0 Å². The largest absolute Gasteiger partial charge is 0.481 e. The molecule has 1 rings (SSSR count). The summed E-state index contributed by atoms with van der Waals surface area (Å²) in [6.45, 7) is 15.4. The number of carboxylic acids is 1. The first-order chi connectivity index (χ1) is 20.5. The van der Waals surface area contributed by atoms with Gasteiger partial charge in [0, 0.05) is 12.8 Å². The van der Waals surface area contributed by atoms with Gasteiger partial charge in [0.2, 0.25) is 0 Å². The van der Waals surface area contributed by atoms with Gasteiger partial charge in [-0.25, -0.2) is 0 Å². The van der Waals surface area contributed by atoms with Crippen LogP contribution < -0.4 is 0 Å². The fraction of sp³-hybridized carbons (Fsp3) is 0.692. The lowest BCUT2D eigenvalue weighted by molar-refractivity contribution is -0.142.